The Kier molecular flexibility index (Phi) is 5.92. The molecule has 1 amide bonds. The van der Waals surface area contributed by atoms with Crippen LogP contribution in [0.4, 0.5) is 0 Å². The predicted molar refractivity (Wildman–Crippen MR) is 134 cm³/mol. The van der Waals surface area contributed by atoms with Crippen molar-refractivity contribution >= 4 is 5.91 Å². The van der Waals surface area contributed by atoms with Crippen LogP contribution in [0.2, 0.25) is 0 Å². The molecule has 34 heavy (non-hydrogen) atoms. The molecule has 3 N–H and O–H groups in total. The van der Waals surface area contributed by atoms with Gasteiger partial charge in [-0.15, -0.1) is 0 Å². The van der Waals surface area contributed by atoms with Gasteiger partial charge in [0.25, 0.3) is 0 Å². The van der Waals surface area contributed by atoms with Gasteiger partial charge in [-0.05, 0) is 34.6 Å². The van der Waals surface area contributed by atoms with Gasteiger partial charge in [0, 0.05) is 18.0 Å². The summed E-state index contributed by atoms with van der Waals surface area (Å²) in [5.41, 5.74) is 11.1. The quantitative estimate of drug-likeness (QED) is 0.524. The minimum absolute atomic E-state index is 0.0444. The average molecular weight is 456 g/mol. The van der Waals surface area contributed by atoms with Crippen LogP contribution in [0, 0.1) is 5.92 Å². The molecular formula is C29H33N3O2. The first-order chi connectivity index (χ1) is 16.3. The number of aromatic hydroxyl groups is 1. The first-order valence-electron chi connectivity index (χ1n) is 12.1. The topological polar surface area (TPSA) is 64.6 Å². The fourth-order valence-electron chi connectivity index (χ4n) is 5.44. The summed E-state index contributed by atoms with van der Waals surface area (Å²) in [6.45, 7) is 7.28. The molecule has 4 unspecified atom stereocenters. The Labute approximate surface area is 201 Å². The van der Waals surface area contributed by atoms with Crippen LogP contribution in [0.1, 0.15) is 55.1 Å². The van der Waals surface area contributed by atoms with E-state index in [4.69, 9.17) is 0 Å². The molecule has 2 heterocycles. The second-order valence-electron chi connectivity index (χ2n) is 10.5. The number of hydrogen-bond acceptors (Lipinski definition) is 4. The zero-order valence-corrected chi connectivity index (χ0v) is 20.0. The Morgan fingerprint density at radius 3 is 2.18 bits per heavy atom. The normalized spacial score (nSPS) is 24.4. The highest BCUT2D eigenvalue weighted by atomic mass is 16.3. The van der Waals surface area contributed by atoms with Gasteiger partial charge in [0.05, 0.1) is 12.1 Å². The van der Waals surface area contributed by atoms with Crippen LogP contribution >= 0.6 is 0 Å². The monoisotopic (exact) mass is 455 g/mol. The van der Waals surface area contributed by atoms with Crippen molar-refractivity contribution in [1.82, 2.24) is 15.8 Å². The summed E-state index contributed by atoms with van der Waals surface area (Å²) in [7, 11) is 0. The van der Waals surface area contributed by atoms with E-state index < -0.39 is 0 Å². The summed E-state index contributed by atoms with van der Waals surface area (Å²) < 4.78 is 0. The third-order valence-corrected chi connectivity index (χ3v) is 7.29. The van der Waals surface area contributed by atoms with Crippen molar-refractivity contribution in [2.24, 2.45) is 5.92 Å². The van der Waals surface area contributed by atoms with E-state index >= 15 is 0 Å². The van der Waals surface area contributed by atoms with Crippen LogP contribution in [0.5, 0.6) is 5.75 Å². The lowest BCUT2D eigenvalue weighted by molar-refractivity contribution is -0.130. The van der Waals surface area contributed by atoms with Gasteiger partial charge in [0.1, 0.15) is 11.8 Å². The smallest absolute Gasteiger partial charge is 0.242 e. The molecule has 176 valence electrons. The number of hydrogen-bond donors (Lipinski definition) is 3. The van der Waals surface area contributed by atoms with Crippen LogP contribution in [0.3, 0.4) is 0 Å². The lowest BCUT2D eigenvalue weighted by Gasteiger charge is -2.32. The van der Waals surface area contributed by atoms with E-state index in [0.29, 0.717) is 6.54 Å². The molecule has 5 nitrogen and oxygen atoms in total. The molecule has 0 radical (unpaired) electrons. The second kappa shape index (κ2) is 8.90. The Morgan fingerprint density at radius 2 is 1.50 bits per heavy atom. The van der Waals surface area contributed by atoms with E-state index in [1.165, 1.54) is 11.1 Å². The van der Waals surface area contributed by atoms with E-state index in [0.717, 1.165) is 17.5 Å². The summed E-state index contributed by atoms with van der Waals surface area (Å²) >= 11 is 0. The van der Waals surface area contributed by atoms with Crippen LogP contribution < -0.4 is 10.9 Å². The molecule has 0 aliphatic carbocycles. The number of amides is 1. The average Bonchev–Trinajstić information content (AvgIpc) is 3.37. The number of fused-ring (bicyclic) bond motifs is 1. The number of nitrogens with one attached hydrogen (secondary N) is 2. The van der Waals surface area contributed by atoms with E-state index in [1.807, 2.05) is 41.3 Å². The number of benzene rings is 3. The van der Waals surface area contributed by atoms with E-state index in [1.54, 1.807) is 6.07 Å². The zero-order valence-electron chi connectivity index (χ0n) is 20.0. The number of carbonyl (C=O) groups excluding carboxylic acids is 1. The number of likely N-dealkylation sites (tertiary alicyclic amines) is 1. The number of hydrazine groups is 1. The van der Waals surface area contributed by atoms with E-state index in [-0.39, 0.29) is 41.1 Å². The van der Waals surface area contributed by atoms with Gasteiger partial charge in [-0.1, -0.05) is 93.6 Å². The fourth-order valence-corrected chi connectivity index (χ4v) is 5.44. The fraction of sp³-hybridized carbons (Fsp3) is 0.345. The molecule has 0 aromatic heterocycles. The zero-order chi connectivity index (χ0) is 23.9. The Hall–Kier alpha value is -3.15. The first kappa shape index (κ1) is 22.6. The third-order valence-electron chi connectivity index (χ3n) is 7.29. The maximum absolute atomic E-state index is 13.6. The summed E-state index contributed by atoms with van der Waals surface area (Å²) in [6, 6.07) is 25.8. The third kappa shape index (κ3) is 4.10. The molecule has 3 aromatic carbocycles. The molecular weight excluding hydrogens is 422 g/mol. The van der Waals surface area contributed by atoms with Crippen molar-refractivity contribution in [3.05, 3.63) is 101 Å². The van der Waals surface area contributed by atoms with E-state index in [2.05, 4.69) is 68.0 Å². The number of carbonyl (C=O) groups is 1. The van der Waals surface area contributed by atoms with Gasteiger partial charge >= 0.3 is 0 Å². The molecule has 2 saturated heterocycles. The molecule has 5 heteroatoms. The van der Waals surface area contributed by atoms with Gasteiger partial charge in [-0.3, -0.25) is 4.79 Å². The molecule has 0 spiro atoms. The van der Waals surface area contributed by atoms with Crippen molar-refractivity contribution < 1.29 is 9.90 Å². The van der Waals surface area contributed by atoms with Crippen LogP contribution in [0.25, 0.3) is 0 Å². The maximum Gasteiger partial charge on any atom is 0.242 e. The minimum atomic E-state index is -0.340. The van der Waals surface area contributed by atoms with Crippen LogP contribution in [0.15, 0.2) is 78.9 Å². The molecule has 5 rings (SSSR count). The summed E-state index contributed by atoms with van der Waals surface area (Å²) in [5, 5.41) is 10.6. The van der Waals surface area contributed by atoms with Gasteiger partial charge in [0.15, 0.2) is 0 Å². The van der Waals surface area contributed by atoms with Crippen molar-refractivity contribution in [1.29, 1.82) is 0 Å². The highest BCUT2D eigenvalue weighted by Crippen LogP contribution is 2.48. The minimum Gasteiger partial charge on any atom is -0.508 e. The number of phenols is 1. The standard InChI is InChI=1S/C29H33N3O2/c1-29(2,3)21-15-13-20(14-16-21)27-24-25(22-11-7-8-12-23(22)33)30-31-26(24)28(34)32(27)18-17-19-9-5-4-6-10-19/h4-16,24-27,30-31,33H,17-18H2,1-3H3. The number of nitrogens with zero attached hydrogens (tertiary/aromatic N) is 1. The molecule has 0 bridgehead atoms. The van der Waals surface area contributed by atoms with Gasteiger partial charge in [0.2, 0.25) is 5.91 Å². The number of phenolic OH excluding ortho intramolecular Hbond substituents is 1. The second-order valence-corrected chi connectivity index (χ2v) is 10.5. The molecule has 2 fully saturated rings. The summed E-state index contributed by atoms with van der Waals surface area (Å²) in [6.07, 6.45) is 0.803. The Balaban J connectivity index is 1.52. The molecule has 4 atom stereocenters. The van der Waals surface area contributed by atoms with E-state index in [9.17, 15) is 9.90 Å². The van der Waals surface area contributed by atoms with Crippen LogP contribution in [-0.4, -0.2) is 28.5 Å². The molecule has 3 aromatic rings. The number of para-hydroxylation sites is 1. The summed E-state index contributed by atoms with van der Waals surface area (Å²) in [5.74, 6) is 0.313. The Morgan fingerprint density at radius 1 is 0.853 bits per heavy atom. The van der Waals surface area contributed by atoms with Crippen LogP contribution in [-0.2, 0) is 16.6 Å². The lowest BCUT2D eigenvalue weighted by Crippen LogP contribution is -2.42. The Bertz CT molecular complexity index is 1150. The highest BCUT2D eigenvalue weighted by molar-refractivity contribution is 5.86. The van der Waals surface area contributed by atoms with Gasteiger partial charge < -0.3 is 10.0 Å². The van der Waals surface area contributed by atoms with Gasteiger partial charge in [-0.2, -0.15) is 0 Å². The van der Waals surface area contributed by atoms with Gasteiger partial charge in [-0.25, -0.2) is 10.9 Å². The highest BCUT2D eigenvalue weighted by Gasteiger charge is 2.55. The van der Waals surface area contributed by atoms with Crippen molar-refractivity contribution in [2.45, 2.75) is 50.7 Å². The molecule has 0 saturated carbocycles. The van der Waals surface area contributed by atoms with Crippen molar-refractivity contribution in [3.63, 3.8) is 0 Å². The molecule has 2 aliphatic heterocycles. The number of rotatable bonds is 5. The predicted octanol–water partition coefficient (Wildman–Crippen LogP) is 4.65. The SMILES string of the molecule is CC(C)(C)c1ccc(C2C3C(NNC3c3ccccc3O)C(=O)N2CCc2ccccc2)cc1. The lowest BCUT2D eigenvalue weighted by atomic mass is 9.81. The summed E-state index contributed by atoms with van der Waals surface area (Å²) in [4.78, 5) is 15.7. The first-order valence-corrected chi connectivity index (χ1v) is 12.1. The molecule has 2 aliphatic rings. The largest absolute Gasteiger partial charge is 0.508 e. The van der Waals surface area contributed by atoms with Crippen molar-refractivity contribution in [2.75, 3.05) is 6.54 Å². The maximum atomic E-state index is 13.6. The van der Waals surface area contributed by atoms with Crippen molar-refractivity contribution in [3.8, 4) is 5.75 Å².